The fourth-order valence-electron chi connectivity index (χ4n) is 2.97. The van der Waals surface area contributed by atoms with Crippen molar-refractivity contribution in [1.29, 1.82) is 0 Å². The molecule has 5 nitrogen and oxygen atoms in total. The Morgan fingerprint density at radius 2 is 2.04 bits per heavy atom. The highest BCUT2D eigenvalue weighted by Gasteiger charge is 2.14. The fourth-order valence-corrected chi connectivity index (χ4v) is 2.97. The molecule has 0 aliphatic heterocycles. The molecule has 0 fully saturated rings. The molecule has 0 radical (unpaired) electrons. The predicted octanol–water partition coefficient (Wildman–Crippen LogP) is 3.75. The van der Waals surface area contributed by atoms with E-state index in [1.807, 2.05) is 31.3 Å². The van der Waals surface area contributed by atoms with Gasteiger partial charge in [-0.15, -0.1) is 6.42 Å². The van der Waals surface area contributed by atoms with Gasteiger partial charge in [0.25, 0.3) is 0 Å². The number of benzene rings is 1. The molecule has 1 N–H and O–H groups in total. The van der Waals surface area contributed by atoms with Gasteiger partial charge in [0.05, 0.1) is 13.1 Å². The fraction of sp³-hybridized carbons (Fsp3) is 0.500. The smallest absolute Gasteiger partial charge is 0.407 e. The molecule has 0 bridgehead atoms. The molecule has 2 rings (SSSR count). The zero-order valence-electron chi connectivity index (χ0n) is 16.2. The molecule has 5 heteroatoms. The number of nitrogens with zero attached hydrogens (tertiary/aromatic N) is 1. The summed E-state index contributed by atoms with van der Waals surface area (Å²) in [5.74, 6) is 3.41. The number of hydrogen-bond donors (Lipinski definition) is 1. The Hall–Kier alpha value is -2.45. The number of carbonyl (C=O) groups is 1. The zero-order valence-corrected chi connectivity index (χ0v) is 16.2. The summed E-state index contributed by atoms with van der Waals surface area (Å²) in [6, 6.07) is 7.90. The van der Waals surface area contributed by atoms with E-state index in [4.69, 9.17) is 15.9 Å². The van der Waals surface area contributed by atoms with Crippen LogP contribution in [0, 0.1) is 12.3 Å². The van der Waals surface area contributed by atoms with Gasteiger partial charge >= 0.3 is 6.09 Å². The topological polar surface area (TPSA) is 50.8 Å². The van der Waals surface area contributed by atoms with Crippen molar-refractivity contribution >= 4 is 6.09 Å². The van der Waals surface area contributed by atoms with Crippen LogP contribution >= 0.6 is 0 Å². The monoisotopic (exact) mass is 370 g/mol. The second-order valence-corrected chi connectivity index (χ2v) is 6.80. The molecule has 0 spiro atoms. The molecule has 146 valence electrons. The van der Waals surface area contributed by atoms with Gasteiger partial charge in [-0.1, -0.05) is 30.2 Å². The van der Waals surface area contributed by atoms with Gasteiger partial charge in [0.1, 0.15) is 18.5 Å². The first kappa shape index (κ1) is 20.9. The van der Waals surface area contributed by atoms with E-state index in [2.05, 4.69) is 28.3 Å². The number of allylic oxidation sites excluding steroid dienone is 2. The van der Waals surface area contributed by atoms with Gasteiger partial charge in [0.2, 0.25) is 0 Å². The van der Waals surface area contributed by atoms with Crippen molar-refractivity contribution in [3.63, 3.8) is 0 Å². The maximum absolute atomic E-state index is 11.9. The van der Waals surface area contributed by atoms with Crippen LogP contribution in [0.25, 0.3) is 0 Å². The summed E-state index contributed by atoms with van der Waals surface area (Å²) in [6.45, 7) is 2.24. The number of alkyl carbamates (subject to hydrolysis) is 1. The highest BCUT2D eigenvalue weighted by molar-refractivity contribution is 5.67. The van der Waals surface area contributed by atoms with Crippen molar-refractivity contribution in [2.75, 3.05) is 26.7 Å². The van der Waals surface area contributed by atoms with Crippen LogP contribution < -0.4 is 10.1 Å². The Bertz CT molecular complexity index is 634. The molecule has 1 aromatic rings. The van der Waals surface area contributed by atoms with Crippen molar-refractivity contribution < 1.29 is 14.3 Å². The average Bonchev–Trinajstić information content (AvgIpc) is 2.62. The van der Waals surface area contributed by atoms with Crippen molar-refractivity contribution in [1.82, 2.24) is 10.2 Å². The molecule has 1 aromatic carbocycles. The van der Waals surface area contributed by atoms with E-state index < -0.39 is 0 Å². The van der Waals surface area contributed by atoms with Crippen LogP contribution in [0.2, 0.25) is 0 Å². The van der Waals surface area contributed by atoms with Gasteiger partial charge in [0.15, 0.2) is 0 Å². The lowest BCUT2D eigenvalue weighted by atomic mass is 10.0. The largest absolute Gasteiger partial charge is 0.492 e. The molecule has 1 aliphatic carbocycles. The number of ether oxygens (including phenoxy) is 2. The number of nitrogens with one attached hydrogen (secondary N) is 1. The van der Waals surface area contributed by atoms with E-state index in [-0.39, 0.29) is 12.2 Å². The van der Waals surface area contributed by atoms with Crippen molar-refractivity contribution in [2.45, 2.75) is 44.8 Å². The normalized spacial score (nSPS) is 18.0. The van der Waals surface area contributed by atoms with Crippen LogP contribution in [0.3, 0.4) is 0 Å². The summed E-state index contributed by atoms with van der Waals surface area (Å²) in [5.41, 5.74) is 1.18. The number of carbonyl (C=O) groups excluding carboxylic acids is 1. The van der Waals surface area contributed by atoms with E-state index in [1.54, 1.807) is 0 Å². The number of hydrogen-bond acceptors (Lipinski definition) is 4. The van der Waals surface area contributed by atoms with Gasteiger partial charge < -0.3 is 14.8 Å². The molecule has 0 heterocycles. The van der Waals surface area contributed by atoms with Crippen LogP contribution in [0.4, 0.5) is 4.79 Å². The lowest BCUT2D eigenvalue weighted by molar-refractivity contribution is 0.0854. The first-order valence-electron chi connectivity index (χ1n) is 9.60. The third-order valence-corrected chi connectivity index (χ3v) is 4.37. The summed E-state index contributed by atoms with van der Waals surface area (Å²) < 4.78 is 11.2. The second-order valence-electron chi connectivity index (χ2n) is 6.80. The van der Waals surface area contributed by atoms with Gasteiger partial charge in [-0.3, -0.25) is 4.90 Å². The van der Waals surface area contributed by atoms with Gasteiger partial charge in [-0.25, -0.2) is 4.79 Å². The molecular formula is C22H30N2O3. The molecule has 1 amide bonds. The van der Waals surface area contributed by atoms with E-state index in [0.29, 0.717) is 19.7 Å². The third-order valence-electron chi connectivity index (χ3n) is 4.37. The van der Waals surface area contributed by atoms with Gasteiger partial charge in [-0.2, -0.15) is 0 Å². The number of terminal acetylenes is 1. The molecule has 27 heavy (non-hydrogen) atoms. The van der Waals surface area contributed by atoms with Crippen molar-refractivity contribution in [2.24, 2.45) is 0 Å². The Balaban J connectivity index is 1.62. The average molecular weight is 370 g/mol. The Morgan fingerprint density at radius 3 is 2.81 bits per heavy atom. The molecule has 1 atom stereocenters. The zero-order chi connectivity index (χ0) is 19.3. The summed E-state index contributed by atoms with van der Waals surface area (Å²) in [6.07, 6.45) is 14.2. The Labute approximate surface area is 162 Å². The predicted molar refractivity (Wildman–Crippen MR) is 108 cm³/mol. The first-order valence-corrected chi connectivity index (χ1v) is 9.60. The summed E-state index contributed by atoms with van der Waals surface area (Å²) in [5, 5.41) is 2.76. The molecule has 1 unspecified atom stereocenters. The Kier molecular flexibility index (Phi) is 9.29. The van der Waals surface area contributed by atoms with Crippen LogP contribution in [-0.2, 0) is 11.3 Å². The lowest BCUT2D eigenvalue weighted by Crippen LogP contribution is -2.32. The number of rotatable bonds is 8. The molecule has 0 saturated carbocycles. The summed E-state index contributed by atoms with van der Waals surface area (Å²) >= 11 is 0. The quantitative estimate of drug-likeness (QED) is 0.430. The van der Waals surface area contributed by atoms with Crippen LogP contribution in [0.15, 0.2) is 36.4 Å². The van der Waals surface area contributed by atoms with Crippen LogP contribution in [-0.4, -0.2) is 43.8 Å². The molecule has 0 saturated heterocycles. The molecular weight excluding hydrogens is 340 g/mol. The van der Waals surface area contributed by atoms with Crippen LogP contribution in [0.5, 0.6) is 5.75 Å². The lowest BCUT2D eigenvalue weighted by Gasteiger charge is -2.18. The van der Waals surface area contributed by atoms with Crippen molar-refractivity contribution in [3.05, 3.63) is 42.0 Å². The highest BCUT2D eigenvalue weighted by Crippen LogP contribution is 2.16. The van der Waals surface area contributed by atoms with E-state index in [9.17, 15) is 4.79 Å². The molecule has 0 aromatic heterocycles. The minimum Gasteiger partial charge on any atom is -0.492 e. The molecule has 1 aliphatic rings. The number of amides is 1. The summed E-state index contributed by atoms with van der Waals surface area (Å²) in [7, 11) is 1.99. The van der Waals surface area contributed by atoms with Crippen molar-refractivity contribution in [3.8, 4) is 18.1 Å². The van der Waals surface area contributed by atoms with E-state index in [0.717, 1.165) is 44.4 Å². The maximum Gasteiger partial charge on any atom is 0.407 e. The standard InChI is InChI=1S/C22H30N2O3/c1-3-16-24(2)18-19-11-13-20(14-12-19)26-17-15-23-22(25)27-21-9-7-5-4-6-8-10-21/h1,4-5,11-14,21H,6-10,15-18H2,2H3,(H,23,25)/b5-4-. The maximum atomic E-state index is 11.9. The van der Waals surface area contributed by atoms with Crippen LogP contribution in [0.1, 0.15) is 37.7 Å². The summed E-state index contributed by atoms with van der Waals surface area (Å²) in [4.78, 5) is 14.0. The minimum atomic E-state index is -0.361. The Morgan fingerprint density at radius 1 is 1.26 bits per heavy atom. The minimum absolute atomic E-state index is 0.0102. The van der Waals surface area contributed by atoms with E-state index in [1.165, 1.54) is 5.56 Å². The third kappa shape index (κ3) is 8.65. The van der Waals surface area contributed by atoms with E-state index >= 15 is 0 Å². The highest BCUT2D eigenvalue weighted by atomic mass is 16.6. The van der Waals surface area contributed by atoms with Gasteiger partial charge in [0, 0.05) is 6.54 Å². The SMILES string of the molecule is C#CCN(C)Cc1ccc(OCCNC(=O)OC2CC/C=C\CCC2)cc1. The van der Waals surface area contributed by atoms with Gasteiger partial charge in [-0.05, 0) is 56.8 Å². The first-order chi connectivity index (χ1) is 13.2. The second kappa shape index (κ2) is 12.0.